The highest BCUT2D eigenvalue weighted by atomic mass is 32.2. The van der Waals surface area contributed by atoms with E-state index >= 15 is 0 Å². The van der Waals surface area contributed by atoms with Gasteiger partial charge in [-0.3, -0.25) is 9.59 Å². The van der Waals surface area contributed by atoms with Gasteiger partial charge in [0.15, 0.2) is 0 Å². The summed E-state index contributed by atoms with van der Waals surface area (Å²) in [6.07, 6.45) is 5.54. The van der Waals surface area contributed by atoms with E-state index in [1.165, 1.54) is 18.9 Å². The molecule has 3 N–H and O–H groups in total. The molecule has 188 valence electrons. The Morgan fingerprint density at radius 3 is 2.60 bits per heavy atom. The molecule has 10 heteroatoms. The summed E-state index contributed by atoms with van der Waals surface area (Å²) in [4.78, 5) is 28.6. The fraction of sp³-hybridized carbons (Fsp3) is 0.440. The molecule has 9 nitrogen and oxygen atoms in total. The second-order valence-corrected chi connectivity index (χ2v) is 9.73. The summed E-state index contributed by atoms with van der Waals surface area (Å²) >= 11 is 1.03. The van der Waals surface area contributed by atoms with Gasteiger partial charge in [0.1, 0.15) is 11.2 Å². The molecule has 0 aliphatic heterocycles. The minimum absolute atomic E-state index is 0.00730. The number of methoxy groups -OCH3 is 1. The van der Waals surface area contributed by atoms with E-state index in [9.17, 15) is 9.59 Å². The van der Waals surface area contributed by atoms with Crippen LogP contribution in [-0.2, 0) is 14.3 Å². The number of aromatic nitrogens is 2. The van der Waals surface area contributed by atoms with Crippen molar-refractivity contribution in [3.63, 3.8) is 0 Å². The second-order valence-electron chi connectivity index (χ2n) is 8.74. The molecule has 0 spiro atoms. The molecule has 2 aromatic rings. The van der Waals surface area contributed by atoms with Crippen LogP contribution in [0, 0.1) is 19.8 Å². The number of primary amides is 1. The third-order valence-electron chi connectivity index (χ3n) is 5.95. The normalized spacial score (nSPS) is 19.0. The van der Waals surface area contributed by atoms with Crippen molar-refractivity contribution in [2.45, 2.75) is 52.2 Å². The van der Waals surface area contributed by atoms with E-state index in [4.69, 9.17) is 15.2 Å². The van der Waals surface area contributed by atoms with Crippen LogP contribution >= 0.6 is 11.8 Å². The Bertz CT molecular complexity index is 1100. The number of carbonyl (C=O) groups is 2. The molecule has 1 aromatic carbocycles. The molecule has 1 aliphatic carbocycles. The van der Waals surface area contributed by atoms with Crippen LogP contribution in [0.4, 0.5) is 0 Å². The smallest absolute Gasteiger partial charge is 0.258 e. The lowest BCUT2D eigenvalue weighted by Gasteiger charge is -2.36. The summed E-state index contributed by atoms with van der Waals surface area (Å²) in [6.45, 7) is 5.93. The maximum Gasteiger partial charge on any atom is 0.258 e. The Balaban J connectivity index is 1.47. The van der Waals surface area contributed by atoms with Gasteiger partial charge in [-0.2, -0.15) is 5.10 Å². The van der Waals surface area contributed by atoms with Gasteiger partial charge in [0, 0.05) is 13.1 Å². The number of aryl methyl sites for hydroxylation is 1. The number of thioether (sulfide) groups is 1. The minimum atomic E-state index is -0.596. The van der Waals surface area contributed by atoms with Crippen LogP contribution in [-0.4, -0.2) is 53.1 Å². The van der Waals surface area contributed by atoms with E-state index in [0.29, 0.717) is 16.7 Å². The van der Waals surface area contributed by atoms with Gasteiger partial charge >= 0.3 is 0 Å². The summed E-state index contributed by atoms with van der Waals surface area (Å²) in [5.41, 5.74) is 8.88. The van der Waals surface area contributed by atoms with Crippen LogP contribution in [0.25, 0.3) is 5.69 Å². The van der Waals surface area contributed by atoms with E-state index < -0.39 is 5.91 Å². The molecular formula is C25H33N5O4S. The zero-order valence-electron chi connectivity index (χ0n) is 20.8. The molecule has 0 bridgehead atoms. The monoisotopic (exact) mass is 499 g/mol. The highest BCUT2D eigenvalue weighted by Gasteiger charge is 2.32. The first-order valence-electron chi connectivity index (χ1n) is 11.5. The number of hydrogen-bond acceptors (Lipinski definition) is 7. The van der Waals surface area contributed by atoms with Gasteiger partial charge in [0.2, 0.25) is 5.23 Å². The quantitative estimate of drug-likeness (QED) is 0.236. The van der Waals surface area contributed by atoms with Crippen molar-refractivity contribution in [2.75, 3.05) is 14.2 Å². The average Bonchev–Trinajstić information content (AvgIpc) is 3.18. The van der Waals surface area contributed by atoms with Crippen LogP contribution in [0.2, 0.25) is 0 Å². The minimum Gasteiger partial charge on any atom is -0.497 e. The molecule has 0 unspecified atom stereocenters. The zero-order chi connectivity index (χ0) is 25.5. The topological polar surface area (TPSA) is 121 Å². The number of hydrogen-bond donors (Lipinski definition) is 2. The molecule has 1 fully saturated rings. The van der Waals surface area contributed by atoms with E-state index in [2.05, 4.69) is 15.4 Å². The van der Waals surface area contributed by atoms with Gasteiger partial charge in [0.25, 0.3) is 11.8 Å². The van der Waals surface area contributed by atoms with Crippen LogP contribution in [0.5, 0.6) is 0 Å². The van der Waals surface area contributed by atoms with Crippen molar-refractivity contribution in [1.82, 2.24) is 15.1 Å². The molecule has 1 atom stereocenters. The number of nitrogens with two attached hydrogens (primary N) is 1. The summed E-state index contributed by atoms with van der Waals surface area (Å²) in [5.74, 6) is -0.295. The lowest BCUT2D eigenvalue weighted by atomic mass is 9.78. The Hall–Kier alpha value is -3.27. The summed E-state index contributed by atoms with van der Waals surface area (Å²) in [5, 5.41) is 7.82. The van der Waals surface area contributed by atoms with Gasteiger partial charge in [-0.05, 0) is 69.8 Å². The first-order valence-corrected chi connectivity index (χ1v) is 12.3. The maximum absolute atomic E-state index is 12.8. The van der Waals surface area contributed by atoms with E-state index in [1.54, 1.807) is 17.9 Å². The summed E-state index contributed by atoms with van der Waals surface area (Å²) < 4.78 is 12.6. The first kappa shape index (κ1) is 26.3. The average molecular weight is 500 g/mol. The van der Waals surface area contributed by atoms with Crippen LogP contribution in [0.15, 0.2) is 46.6 Å². The standard InChI is InChI=1S/C25H33N5O4S/c1-15-6-8-19(9-7-15)30-17(3)21(13-28-30)24(32)29-16(2)10-18-11-20(12-18)34-14-22(23(26)31)35-25(27-4)33-5/h6-9,13-14,16,18,20H,10-12H2,1-5H3,(H2,26,31)(H,29,32)/b22-14+,27-25?/t16-,18?,20?/m0/s1. The Kier molecular flexibility index (Phi) is 8.97. The largest absolute Gasteiger partial charge is 0.497 e. The molecule has 1 aliphatic rings. The summed E-state index contributed by atoms with van der Waals surface area (Å²) in [7, 11) is 3.04. The highest BCUT2D eigenvalue weighted by Crippen LogP contribution is 2.34. The number of carbonyl (C=O) groups excluding carboxylic acids is 2. The Morgan fingerprint density at radius 1 is 1.31 bits per heavy atom. The predicted octanol–water partition coefficient (Wildman–Crippen LogP) is 3.48. The van der Waals surface area contributed by atoms with Crippen molar-refractivity contribution in [2.24, 2.45) is 16.6 Å². The molecule has 1 saturated carbocycles. The molecule has 0 saturated heterocycles. The first-order chi connectivity index (χ1) is 16.7. The molecule has 3 rings (SSSR count). The number of aliphatic imine (C=N–C) groups is 1. The molecule has 2 amide bonds. The Labute approximate surface area is 210 Å². The zero-order valence-corrected chi connectivity index (χ0v) is 21.6. The van der Waals surface area contributed by atoms with Gasteiger partial charge in [-0.25, -0.2) is 9.67 Å². The Morgan fingerprint density at radius 2 is 2.00 bits per heavy atom. The number of amides is 2. The SMILES string of the molecule is CN=C(OC)S/C(=C/OC1CC(C[C@H](C)NC(=O)c2cnn(-c3ccc(C)cc3)c2C)C1)C(N)=O. The van der Waals surface area contributed by atoms with Crippen molar-refractivity contribution in [1.29, 1.82) is 0 Å². The number of nitrogens with zero attached hydrogens (tertiary/aromatic N) is 3. The van der Waals surface area contributed by atoms with Gasteiger partial charge in [0.05, 0.1) is 36.4 Å². The van der Waals surface area contributed by atoms with Crippen molar-refractivity contribution >= 4 is 28.8 Å². The third kappa shape index (κ3) is 6.88. The van der Waals surface area contributed by atoms with Crippen LogP contribution in [0.3, 0.4) is 0 Å². The molecule has 0 radical (unpaired) electrons. The van der Waals surface area contributed by atoms with Gasteiger partial charge in [-0.15, -0.1) is 0 Å². The predicted molar refractivity (Wildman–Crippen MR) is 137 cm³/mol. The number of ether oxygens (including phenoxy) is 2. The number of rotatable bonds is 9. The second kappa shape index (κ2) is 11.9. The summed E-state index contributed by atoms with van der Waals surface area (Å²) in [6, 6.07) is 8.03. The molecule has 35 heavy (non-hydrogen) atoms. The molecular weight excluding hydrogens is 466 g/mol. The molecule has 1 aromatic heterocycles. The van der Waals surface area contributed by atoms with Crippen LogP contribution < -0.4 is 11.1 Å². The van der Waals surface area contributed by atoms with Gasteiger partial charge in [-0.1, -0.05) is 17.7 Å². The van der Waals surface area contributed by atoms with E-state index in [1.807, 2.05) is 45.0 Å². The van der Waals surface area contributed by atoms with Crippen molar-refractivity contribution in [3.8, 4) is 5.69 Å². The highest BCUT2D eigenvalue weighted by molar-refractivity contribution is 8.17. The van der Waals surface area contributed by atoms with E-state index in [-0.39, 0.29) is 23.0 Å². The van der Waals surface area contributed by atoms with E-state index in [0.717, 1.165) is 42.4 Å². The fourth-order valence-electron chi connectivity index (χ4n) is 3.98. The lowest BCUT2D eigenvalue weighted by Crippen LogP contribution is -2.38. The third-order valence-corrected chi connectivity index (χ3v) is 7.00. The maximum atomic E-state index is 12.8. The number of nitrogens with one attached hydrogen (secondary N) is 1. The van der Waals surface area contributed by atoms with Gasteiger partial charge < -0.3 is 20.5 Å². The molecule has 1 heterocycles. The number of benzene rings is 1. The van der Waals surface area contributed by atoms with Crippen molar-refractivity contribution < 1.29 is 19.1 Å². The fourth-order valence-corrected chi connectivity index (χ4v) is 4.55. The lowest BCUT2D eigenvalue weighted by molar-refractivity contribution is -0.114. The van der Waals surface area contributed by atoms with Crippen LogP contribution in [0.1, 0.15) is 47.8 Å². The van der Waals surface area contributed by atoms with Crippen molar-refractivity contribution in [3.05, 3.63) is 58.5 Å².